The molecule has 0 unspecified atom stereocenters. The molecule has 2 N–H and O–H groups in total. The summed E-state index contributed by atoms with van der Waals surface area (Å²) in [6, 6.07) is 5.48. The summed E-state index contributed by atoms with van der Waals surface area (Å²) in [7, 11) is 3.75. The van der Waals surface area contributed by atoms with Crippen molar-refractivity contribution in [1.29, 1.82) is 0 Å². The summed E-state index contributed by atoms with van der Waals surface area (Å²) in [6.07, 6.45) is 9.28. The van der Waals surface area contributed by atoms with Crippen molar-refractivity contribution in [3.8, 4) is 16.9 Å². The second kappa shape index (κ2) is 10.1. The first-order valence-corrected chi connectivity index (χ1v) is 14.6. The van der Waals surface area contributed by atoms with Gasteiger partial charge in [-0.05, 0) is 56.0 Å². The molecule has 5 aromatic heterocycles. The quantitative estimate of drug-likeness (QED) is 0.331. The largest absolute Gasteiger partial charge is 0.392 e. The molecule has 7 rings (SSSR count). The molecule has 0 amide bonds. The van der Waals surface area contributed by atoms with E-state index < -0.39 is 0 Å². The molecule has 6 heterocycles. The van der Waals surface area contributed by atoms with Gasteiger partial charge in [0.2, 0.25) is 0 Å². The van der Waals surface area contributed by atoms with Crippen LogP contribution in [0.15, 0.2) is 46.4 Å². The van der Waals surface area contributed by atoms with Crippen LogP contribution in [0.5, 0.6) is 0 Å². The molecule has 5 aromatic rings. The van der Waals surface area contributed by atoms with Crippen molar-refractivity contribution < 1.29 is 5.11 Å². The summed E-state index contributed by atoms with van der Waals surface area (Å²) >= 11 is 1.55. The normalized spacial score (nSPS) is 15.2. The zero-order valence-corrected chi connectivity index (χ0v) is 23.7. The van der Waals surface area contributed by atoms with E-state index in [1.807, 2.05) is 10.7 Å². The summed E-state index contributed by atoms with van der Waals surface area (Å²) in [5.74, 6) is 0.877. The van der Waals surface area contributed by atoms with Gasteiger partial charge in [-0.1, -0.05) is 0 Å². The Hall–Kier alpha value is -4.13. The van der Waals surface area contributed by atoms with Gasteiger partial charge in [-0.3, -0.25) is 19.2 Å². The van der Waals surface area contributed by atoms with Gasteiger partial charge in [-0.2, -0.15) is 14.9 Å². The van der Waals surface area contributed by atoms with Gasteiger partial charge < -0.3 is 15.0 Å². The lowest BCUT2D eigenvalue weighted by molar-refractivity contribution is 0.259. The number of hydrogen-bond donors (Lipinski definition) is 2. The van der Waals surface area contributed by atoms with Crippen LogP contribution in [0.25, 0.3) is 27.0 Å². The highest BCUT2D eigenvalue weighted by Crippen LogP contribution is 2.35. The molecule has 0 atom stereocenters. The lowest BCUT2D eigenvalue weighted by Gasteiger charge is -2.22. The van der Waals surface area contributed by atoms with Crippen LogP contribution in [-0.2, 0) is 39.6 Å². The van der Waals surface area contributed by atoms with Crippen LogP contribution in [0.4, 0.5) is 11.5 Å². The van der Waals surface area contributed by atoms with Crippen LogP contribution in [0.3, 0.4) is 0 Å². The van der Waals surface area contributed by atoms with Crippen molar-refractivity contribution in [1.82, 2.24) is 34.0 Å². The summed E-state index contributed by atoms with van der Waals surface area (Å²) in [4.78, 5) is 34.7. The maximum atomic E-state index is 13.6. The predicted octanol–water partition coefficient (Wildman–Crippen LogP) is 2.96. The topological polar surface area (TPSA) is 123 Å². The minimum atomic E-state index is -0.363. The Morgan fingerprint density at radius 2 is 1.95 bits per heavy atom. The standard InChI is InChI=1S/C29H30N8O3S/c1-34-9-10-36-18(15-34)12-25(33-36)32-23-11-17(14-35(2)28(23)39)19-7-8-30-27(22(19)16-38)37-29(40)26-21(13-31-37)20-5-3-4-6-24(20)41-26/h7-8,11-14,38H,3-6,9-10,15-16H2,1-2H3,(H,32,33). The molecule has 0 fully saturated rings. The number of pyridine rings is 2. The SMILES string of the molecule is CN1CCn2nc(Nc3cc(-c4ccnc(-n5ncc6c7c(sc6c5=O)CCCC7)c4CO)cn(C)c3=O)cc2C1. The molecular weight excluding hydrogens is 540 g/mol. The third-order valence-corrected chi connectivity index (χ3v) is 9.33. The second-order valence-corrected chi connectivity index (χ2v) is 11.9. The molecule has 2 aliphatic rings. The van der Waals surface area contributed by atoms with E-state index in [1.54, 1.807) is 49.1 Å². The van der Waals surface area contributed by atoms with Gasteiger partial charge in [-0.15, -0.1) is 11.3 Å². The lowest BCUT2D eigenvalue weighted by atomic mass is 9.97. The number of nitrogens with zero attached hydrogens (tertiary/aromatic N) is 7. The van der Waals surface area contributed by atoms with Gasteiger partial charge in [0.1, 0.15) is 10.4 Å². The molecule has 0 bridgehead atoms. The smallest absolute Gasteiger partial charge is 0.290 e. The van der Waals surface area contributed by atoms with Crippen molar-refractivity contribution in [3.63, 3.8) is 0 Å². The summed E-state index contributed by atoms with van der Waals surface area (Å²) in [5, 5.41) is 23.8. The highest BCUT2D eigenvalue weighted by molar-refractivity contribution is 7.19. The molecule has 0 radical (unpaired) electrons. The Labute approximate surface area is 239 Å². The van der Waals surface area contributed by atoms with Crippen LogP contribution in [0.2, 0.25) is 0 Å². The van der Waals surface area contributed by atoms with Gasteiger partial charge >= 0.3 is 0 Å². The Kier molecular flexibility index (Phi) is 6.33. The Morgan fingerprint density at radius 1 is 1.10 bits per heavy atom. The van der Waals surface area contributed by atoms with Crippen LogP contribution >= 0.6 is 11.3 Å². The van der Waals surface area contributed by atoms with Gasteiger partial charge in [0.15, 0.2) is 11.6 Å². The predicted molar refractivity (Wildman–Crippen MR) is 158 cm³/mol. The van der Waals surface area contributed by atoms with Crippen LogP contribution < -0.4 is 16.4 Å². The minimum Gasteiger partial charge on any atom is -0.392 e. The number of anilines is 2. The molecule has 0 saturated carbocycles. The van der Waals surface area contributed by atoms with E-state index in [4.69, 9.17) is 0 Å². The first-order chi connectivity index (χ1) is 19.9. The molecular formula is C29H30N8O3S. The van der Waals surface area contributed by atoms with E-state index in [2.05, 4.69) is 32.4 Å². The van der Waals surface area contributed by atoms with Crippen molar-refractivity contribution in [2.24, 2.45) is 7.05 Å². The van der Waals surface area contributed by atoms with Crippen molar-refractivity contribution in [2.45, 2.75) is 45.4 Å². The van der Waals surface area contributed by atoms with E-state index in [1.165, 1.54) is 19.7 Å². The van der Waals surface area contributed by atoms with E-state index in [-0.39, 0.29) is 23.5 Å². The fraction of sp³-hybridized carbons (Fsp3) is 0.345. The third kappa shape index (κ3) is 4.39. The molecule has 0 spiro atoms. The average Bonchev–Trinajstić information content (AvgIpc) is 3.56. The van der Waals surface area contributed by atoms with Gasteiger partial charge in [0, 0.05) is 60.0 Å². The molecule has 11 nitrogen and oxygen atoms in total. The number of aryl methyl sites for hydroxylation is 3. The molecule has 1 aliphatic heterocycles. The molecule has 41 heavy (non-hydrogen) atoms. The number of hydrogen-bond acceptors (Lipinski definition) is 9. The molecule has 210 valence electrons. The zero-order chi connectivity index (χ0) is 28.2. The Bertz CT molecular complexity index is 1940. The van der Waals surface area contributed by atoms with Gasteiger partial charge in [-0.25, -0.2) is 4.98 Å². The van der Waals surface area contributed by atoms with Crippen LogP contribution in [0, 0.1) is 0 Å². The maximum absolute atomic E-state index is 13.6. The molecule has 0 saturated heterocycles. The number of thiophene rings is 1. The van der Waals surface area contributed by atoms with E-state index in [0.29, 0.717) is 32.9 Å². The van der Waals surface area contributed by atoms with Gasteiger partial charge in [0.25, 0.3) is 11.1 Å². The number of fused-ring (bicyclic) bond motifs is 4. The second-order valence-electron chi connectivity index (χ2n) is 10.8. The lowest BCUT2D eigenvalue weighted by Crippen LogP contribution is -2.30. The Balaban J connectivity index is 1.30. The molecule has 0 aromatic carbocycles. The number of aliphatic hydroxyl groups is 1. The molecule has 1 aliphatic carbocycles. The number of likely N-dealkylation sites (N-methyl/N-ethyl adjacent to an activating group) is 1. The number of aromatic nitrogens is 6. The maximum Gasteiger partial charge on any atom is 0.290 e. The minimum absolute atomic E-state index is 0.207. The summed E-state index contributed by atoms with van der Waals surface area (Å²) in [5.41, 5.74) is 4.03. The number of rotatable bonds is 5. The first kappa shape index (κ1) is 25.8. The average molecular weight is 571 g/mol. The van der Waals surface area contributed by atoms with Crippen molar-refractivity contribution in [3.05, 3.63) is 79.2 Å². The summed E-state index contributed by atoms with van der Waals surface area (Å²) in [6.45, 7) is 2.13. The fourth-order valence-electron chi connectivity index (χ4n) is 5.94. The number of aliphatic hydroxyl groups excluding tert-OH is 1. The Morgan fingerprint density at radius 3 is 2.80 bits per heavy atom. The highest BCUT2D eigenvalue weighted by atomic mass is 32.1. The van der Waals surface area contributed by atoms with Crippen molar-refractivity contribution >= 4 is 32.9 Å². The zero-order valence-electron chi connectivity index (χ0n) is 22.9. The summed E-state index contributed by atoms with van der Waals surface area (Å²) < 4.78 is 5.41. The van der Waals surface area contributed by atoms with Crippen molar-refractivity contribution in [2.75, 3.05) is 18.9 Å². The third-order valence-electron chi connectivity index (χ3n) is 8.04. The van der Waals surface area contributed by atoms with E-state index in [9.17, 15) is 14.7 Å². The fourth-order valence-corrected chi connectivity index (χ4v) is 7.22. The van der Waals surface area contributed by atoms with E-state index >= 15 is 0 Å². The van der Waals surface area contributed by atoms with Gasteiger partial charge in [0.05, 0.1) is 25.0 Å². The molecule has 12 heteroatoms. The van der Waals surface area contributed by atoms with E-state index in [0.717, 1.165) is 56.4 Å². The number of nitrogens with one attached hydrogen (secondary N) is 1. The first-order valence-electron chi connectivity index (χ1n) is 13.8. The monoisotopic (exact) mass is 570 g/mol. The highest BCUT2D eigenvalue weighted by Gasteiger charge is 2.22. The van der Waals surface area contributed by atoms with Crippen LogP contribution in [0.1, 0.15) is 34.5 Å². The van der Waals surface area contributed by atoms with Crippen LogP contribution in [-0.4, -0.2) is 52.7 Å².